The summed E-state index contributed by atoms with van der Waals surface area (Å²) in [7, 11) is 0. The molecule has 3 unspecified atom stereocenters. The van der Waals surface area contributed by atoms with Crippen LogP contribution >= 0.6 is 0 Å². The minimum absolute atomic E-state index is 0.642. The molecule has 0 radical (unpaired) electrons. The highest BCUT2D eigenvalue weighted by Gasteiger charge is 2.17. The van der Waals surface area contributed by atoms with Crippen molar-refractivity contribution in [2.45, 2.75) is 118 Å². The first kappa shape index (κ1) is 30.3. The summed E-state index contributed by atoms with van der Waals surface area (Å²) in [5, 5.41) is 20.9. The first-order valence-electron chi connectivity index (χ1n) is 12.3. The summed E-state index contributed by atoms with van der Waals surface area (Å²) in [5.41, 5.74) is 0.299. The van der Waals surface area contributed by atoms with E-state index in [9.17, 15) is 10.2 Å². The molecule has 0 aliphatic heterocycles. The third kappa shape index (κ3) is 19.0. The minimum atomic E-state index is -1.25. The second-order valence-electron chi connectivity index (χ2n) is 10.4. The van der Waals surface area contributed by atoms with Crippen LogP contribution in [0.25, 0.3) is 0 Å². The van der Waals surface area contributed by atoms with Gasteiger partial charge < -0.3 is 10.2 Å². The highest BCUT2D eigenvalue weighted by Crippen LogP contribution is 2.20. The molecule has 0 saturated heterocycles. The summed E-state index contributed by atoms with van der Waals surface area (Å²) in [6.45, 7) is 16.5. The average Bonchev–Trinajstić information content (AvgIpc) is 2.64. The molecular formula is C30H48O2. The van der Waals surface area contributed by atoms with E-state index in [1.807, 2.05) is 12.2 Å². The second kappa shape index (κ2) is 16.0. The maximum absolute atomic E-state index is 10.5. The van der Waals surface area contributed by atoms with E-state index in [0.717, 1.165) is 31.6 Å². The van der Waals surface area contributed by atoms with Crippen LogP contribution in [0.3, 0.4) is 0 Å². The van der Waals surface area contributed by atoms with E-state index in [0.29, 0.717) is 12.3 Å². The van der Waals surface area contributed by atoms with Crippen LogP contribution in [0.4, 0.5) is 0 Å². The van der Waals surface area contributed by atoms with Gasteiger partial charge in [0.25, 0.3) is 0 Å². The zero-order chi connectivity index (χ0) is 24.6. The summed E-state index contributed by atoms with van der Waals surface area (Å²) in [4.78, 5) is 0. The zero-order valence-corrected chi connectivity index (χ0v) is 22.0. The summed E-state index contributed by atoms with van der Waals surface area (Å²) in [5.74, 6) is 12.5. The van der Waals surface area contributed by atoms with Gasteiger partial charge in [-0.2, -0.15) is 0 Å². The van der Waals surface area contributed by atoms with E-state index < -0.39 is 11.2 Å². The SMILES string of the molecule is CC(C)=CCC/C(C)=C/C=C/C(C)(O)C#CC#CC(C)(O)CCCC(C)CCCC(C)C. The lowest BCUT2D eigenvalue weighted by Crippen LogP contribution is -2.21. The number of aliphatic hydroxyl groups is 2. The first-order chi connectivity index (χ1) is 14.8. The van der Waals surface area contributed by atoms with Crippen molar-refractivity contribution in [2.75, 3.05) is 0 Å². The minimum Gasteiger partial charge on any atom is -0.378 e. The molecule has 180 valence electrons. The van der Waals surface area contributed by atoms with Crippen LogP contribution in [-0.2, 0) is 0 Å². The van der Waals surface area contributed by atoms with Gasteiger partial charge in [-0.3, -0.25) is 0 Å². The van der Waals surface area contributed by atoms with Crippen LogP contribution in [0.1, 0.15) is 107 Å². The molecule has 0 aliphatic rings. The average molecular weight is 441 g/mol. The van der Waals surface area contributed by atoms with Crippen molar-refractivity contribution in [3.05, 3.63) is 35.5 Å². The van der Waals surface area contributed by atoms with Crippen molar-refractivity contribution in [3.63, 3.8) is 0 Å². The van der Waals surface area contributed by atoms with Crippen molar-refractivity contribution in [1.82, 2.24) is 0 Å². The van der Waals surface area contributed by atoms with E-state index in [1.54, 1.807) is 19.9 Å². The fourth-order valence-electron chi connectivity index (χ4n) is 3.31. The summed E-state index contributed by atoms with van der Waals surface area (Å²) in [6.07, 6.45) is 16.3. The molecule has 0 aromatic rings. The molecule has 0 bridgehead atoms. The first-order valence-corrected chi connectivity index (χ1v) is 12.3. The van der Waals surface area contributed by atoms with Gasteiger partial charge >= 0.3 is 0 Å². The molecule has 3 atom stereocenters. The van der Waals surface area contributed by atoms with Gasteiger partial charge in [-0.25, -0.2) is 0 Å². The van der Waals surface area contributed by atoms with Crippen molar-refractivity contribution in [3.8, 4) is 23.7 Å². The standard InChI is InChI=1S/C30H48O2/c1-25(2)15-11-17-27(5)19-13-23-29(7,31)21-9-10-22-30(8,32)24-14-20-28(6)18-12-16-26(3)4/h13,15,19,23,26,28,31-32H,11-12,14,16-18,20,24H2,1-8H3/b23-13+,27-19+. The van der Waals surface area contributed by atoms with Gasteiger partial charge in [0.1, 0.15) is 11.2 Å². The molecule has 2 nitrogen and oxygen atoms in total. The van der Waals surface area contributed by atoms with E-state index in [-0.39, 0.29) is 0 Å². The Kier molecular flexibility index (Phi) is 15.1. The zero-order valence-electron chi connectivity index (χ0n) is 22.0. The molecule has 0 amide bonds. The van der Waals surface area contributed by atoms with Crippen molar-refractivity contribution in [1.29, 1.82) is 0 Å². The lowest BCUT2D eigenvalue weighted by Gasteiger charge is -2.18. The quantitative estimate of drug-likeness (QED) is 0.178. The Morgan fingerprint density at radius 1 is 0.906 bits per heavy atom. The number of hydrogen-bond acceptors (Lipinski definition) is 2. The molecule has 0 heterocycles. The van der Waals surface area contributed by atoms with Crippen molar-refractivity contribution < 1.29 is 10.2 Å². The summed E-state index contributed by atoms with van der Waals surface area (Å²) < 4.78 is 0. The lowest BCUT2D eigenvalue weighted by atomic mass is 9.92. The molecule has 0 aromatic heterocycles. The molecule has 0 rings (SSSR count). The molecule has 2 N–H and O–H groups in total. The van der Waals surface area contributed by atoms with E-state index >= 15 is 0 Å². The van der Waals surface area contributed by atoms with E-state index in [4.69, 9.17) is 0 Å². The van der Waals surface area contributed by atoms with Gasteiger partial charge in [0.15, 0.2) is 0 Å². The second-order valence-corrected chi connectivity index (χ2v) is 10.4. The molecule has 0 saturated carbocycles. The van der Waals surface area contributed by atoms with Gasteiger partial charge in [0.05, 0.1) is 0 Å². The normalized spacial score (nSPS) is 16.4. The third-order valence-electron chi connectivity index (χ3n) is 5.44. The highest BCUT2D eigenvalue weighted by molar-refractivity contribution is 5.34. The van der Waals surface area contributed by atoms with Crippen LogP contribution in [-0.4, -0.2) is 21.4 Å². The predicted octanol–water partition coefficient (Wildman–Crippen LogP) is 7.38. The lowest BCUT2D eigenvalue weighted by molar-refractivity contribution is 0.107. The smallest absolute Gasteiger partial charge is 0.142 e. The van der Waals surface area contributed by atoms with Crippen LogP contribution in [0.5, 0.6) is 0 Å². The van der Waals surface area contributed by atoms with Crippen LogP contribution in [0.15, 0.2) is 35.5 Å². The number of rotatable bonds is 13. The van der Waals surface area contributed by atoms with Crippen LogP contribution < -0.4 is 0 Å². The maximum atomic E-state index is 10.5. The fraction of sp³-hybridized carbons (Fsp3) is 0.667. The molecule has 32 heavy (non-hydrogen) atoms. The van der Waals surface area contributed by atoms with Crippen molar-refractivity contribution >= 4 is 0 Å². The van der Waals surface area contributed by atoms with Gasteiger partial charge in [0.2, 0.25) is 0 Å². The molecular weight excluding hydrogens is 392 g/mol. The predicted molar refractivity (Wildman–Crippen MR) is 140 cm³/mol. The van der Waals surface area contributed by atoms with Gasteiger partial charge in [-0.15, -0.1) is 0 Å². The van der Waals surface area contributed by atoms with Gasteiger partial charge in [-0.1, -0.05) is 87.7 Å². The number of allylic oxidation sites excluding steroid dienone is 5. The van der Waals surface area contributed by atoms with Crippen molar-refractivity contribution in [2.24, 2.45) is 11.8 Å². The monoisotopic (exact) mass is 440 g/mol. The Hall–Kier alpha value is -1.74. The Labute approximate surface area is 199 Å². The molecule has 0 spiro atoms. The summed E-state index contributed by atoms with van der Waals surface area (Å²) >= 11 is 0. The Morgan fingerprint density at radius 2 is 1.53 bits per heavy atom. The third-order valence-corrected chi connectivity index (χ3v) is 5.44. The Morgan fingerprint density at radius 3 is 2.16 bits per heavy atom. The Bertz CT molecular complexity index is 735. The topological polar surface area (TPSA) is 40.5 Å². The molecule has 0 aliphatic carbocycles. The highest BCUT2D eigenvalue weighted by atomic mass is 16.3. The Balaban J connectivity index is 4.54. The number of hydrogen-bond donors (Lipinski definition) is 2. The fourth-order valence-corrected chi connectivity index (χ4v) is 3.31. The van der Waals surface area contributed by atoms with E-state index in [2.05, 4.69) is 71.3 Å². The van der Waals surface area contributed by atoms with Gasteiger partial charge in [0, 0.05) is 0 Å². The molecule has 2 heteroatoms. The van der Waals surface area contributed by atoms with Crippen LogP contribution in [0, 0.1) is 35.5 Å². The summed E-state index contributed by atoms with van der Waals surface area (Å²) in [6, 6.07) is 0. The van der Waals surface area contributed by atoms with E-state index in [1.165, 1.54) is 30.4 Å². The van der Waals surface area contributed by atoms with Crippen LogP contribution in [0.2, 0.25) is 0 Å². The van der Waals surface area contributed by atoms with Gasteiger partial charge in [-0.05, 0) is 90.1 Å². The molecule has 0 aromatic carbocycles. The maximum Gasteiger partial charge on any atom is 0.142 e. The molecule has 0 fully saturated rings. The largest absolute Gasteiger partial charge is 0.378 e.